The Morgan fingerprint density at radius 3 is 1.88 bits per heavy atom. The summed E-state index contributed by atoms with van der Waals surface area (Å²) in [7, 11) is -0.491. The summed E-state index contributed by atoms with van der Waals surface area (Å²) in [6, 6.07) is 10.4. The Hall–Kier alpha value is -2.05. The number of sulfonamides is 1. The fourth-order valence-electron chi connectivity index (χ4n) is 2.70. The lowest BCUT2D eigenvalue weighted by molar-refractivity contribution is 0.413. The second kappa shape index (κ2) is 7.23. The zero-order chi connectivity index (χ0) is 17.9. The third kappa shape index (κ3) is 3.88. The molecule has 0 radical (unpaired) electrons. The third-order valence-electron chi connectivity index (χ3n) is 3.89. The van der Waals surface area contributed by atoms with E-state index in [2.05, 4.69) is 4.72 Å². The van der Waals surface area contributed by atoms with Gasteiger partial charge in [0, 0.05) is 6.04 Å². The van der Waals surface area contributed by atoms with Crippen LogP contribution in [0.2, 0.25) is 0 Å². The highest BCUT2D eigenvalue weighted by atomic mass is 32.2. The van der Waals surface area contributed by atoms with Crippen molar-refractivity contribution in [1.82, 2.24) is 4.72 Å². The van der Waals surface area contributed by atoms with Gasteiger partial charge in [-0.3, -0.25) is 0 Å². The van der Waals surface area contributed by atoms with Crippen LogP contribution < -0.4 is 14.2 Å². The highest BCUT2D eigenvalue weighted by Crippen LogP contribution is 2.27. The molecule has 5 nitrogen and oxygen atoms in total. The summed E-state index contributed by atoms with van der Waals surface area (Å²) >= 11 is 0. The summed E-state index contributed by atoms with van der Waals surface area (Å²) in [6.45, 7) is 5.35. The third-order valence-corrected chi connectivity index (χ3v) is 5.73. The summed E-state index contributed by atoms with van der Waals surface area (Å²) in [4.78, 5) is 0.295. The summed E-state index contributed by atoms with van der Waals surface area (Å²) in [5, 5.41) is 0. The summed E-state index contributed by atoms with van der Waals surface area (Å²) in [5.74, 6) is 1.38. The number of aryl methyl sites for hydroxylation is 2. The minimum Gasteiger partial charge on any atom is -0.497 e. The van der Waals surface area contributed by atoms with Crippen LogP contribution in [0.5, 0.6) is 11.5 Å². The van der Waals surface area contributed by atoms with Crippen LogP contribution in [0.3, 0.4) is 0 Å². The van der Waals surface area contributed by atoms with Gasteiger partial charge in [-0.15, -0.1) is 0 Å². The molecule has 0 amide bonds. The molecule has 0 aliphatic carbocycles. The Labute approximate surface area is 143 Å². The Morgan fingerprint density at radius 1 is 0.917 bits per heavy atom. The van der Waals surface area contributed by atoms with E-state index in [9.17, 15) is 8.42 Å². The zero-order valence-electron chi connectivity index (χ0n) is 14.6. The maximum Gasteiger partial charge on any atom is 0.241 e. The normalized spacial score (nSPS) is 12.7. The van der Waals surface area contributed by atoms with Crippen LogP contribution in [0.25, 0.3) is 0 Å². The lowest BCUT2D eigenvalue weighted by Crippen LogP contribution is -2.28. The highest BCUT2D eigenvalue weighted by Gasteiger charge is 2.23. The van der Waals surface area contributed by atoms with Crippen molar-refractivity contribution in [2.45, 2.75) is 31.7 Å². The molecule has 0 aliphatic rings. The summed E-state index contributed by atoms with van der Waals surface area (Å²) in [5.41, 5.74) is 2.17. The molecule has 0 aliphatic heterocycles. The second-order valence-corrected chi connectivity index (χ2v) is 7.36. The Bertz CT molecular complexity index is 790. The smallest absolute Gasteiger partial charge is 0.241 e. The lowest BCUT2D eigenvalue weighted by Gasteiger charge is -2.18. The van der Waals surface area contributed by atoms with Crippen molar-refractivity contribution < 1.29 is 17.9 Å². The quantitative estimate of drug-likeness (QED) is 0.868. The average molecular weight is 349 g/mol. The number of rotatable bonds is 6. The van der Waals surface area contributed by atoms with E-state index in [1.165, 1.54) is 0 Å². The molecule has 0 unspecified atom stereocenters. The fraction of sp³-hybridized carbons (Fsp3) is 0.333. The Balaban J connectivity index is 2.30. The van der Waals surface area contributed by atoms with E-state index >= 15 is 0 Å². The first kappa shape index (κ1) is 18.3. The van der Waals surface area contributed by atoms with E-state index in [4.69, 9.17) is 9.47 Å². The molecule has 0 fully saturated rings. The van der Waals surface area contributed by atoms with Gasteiger partial charge in [0.1, 0.15) is 11.5 Å². The summed E-state index contributed by atoms with van der Waals surface area (Å²) < 4.78 is 38.7. The van der Waals surface area contributed by atoms with Gasteiger partial charge in [-0.25, -0.2) is 13.1 Å². The molecule has 2 aromatic rings. The van der Waals surface area contributed by atoms with E-state index in [0.717, 1.165) is 11.3 Å². The maximum absolute atomic E-state index is 12.8. The molecule has 0 bridgehead atoms. The largest absolute Gasteiger partial charge is 0.497 e. The molecule has 1 atom stereocenters. The van der Waals surface area contributed by atoms with Crippen LogP contribution in [0, 0.1) is 13.8 Å². The Kier molecular flexibility index (Phi) is 5.51. The van der Waals surface area contributed by atoms with Crippen LogP contribution >= 0.6 is 0 Å². The fourth-order valence-corrected chi connectivity index (χ4v) is 4.39. The van der Waals surface area contributed by atoms with E-state index < -0.39 is 10.0 Å². The number of methoxy groups -OCH3 is 2. The van der Waals surface area contributed by atoms with Gasteiger partial charge in [0.2, 0.25) is 10.0 Å². The van der Waals surface area contributed by atoms with Crippen molar-refractivity contribution in [3.8, 4) is 11.5 Å². The van der Waals surface area contributed by atoms with Gasteiger partial charge in [-0.1, -0.05) is 12.1 Å². The van der Waals surface area contributed by atoms with Crippen molar-refractivity contribution in [3.63, 3.8) is 0 Å². The number of ether oxygens (including phenoxy) is 2. The monoisotopic (exact) mass is 349 g/mol. The topological polar surface area (TPSA) is 64.6 Å². The average Bonchev–Trinajstić information content (AvgIpc) is 2.53. The first-order chi connectivity index (χ1) is 11.3. The number of nitrogens with one attached hydrogen (secondary N) is 1. The van der Waals surface area contributed by atoms with Crippen molar-refractivity contribution in [2.75, 3.05) is 14.2 Å². The van der Waals surface area contributed by atoms with Crippen molar-refractivity contribution in [3.05, 3.63) is 53.1 Å². The maximum atomic E-state index is 12.8. The molecule has 0 saturated carbocycles. The molecule has 2 rings (SSSR count). The zero-order valence-corrected chi connectivity index (χ0v) is 15.4. The van der Waals surface area contributed by atoms with Crippen LogP contribution in [-0.4, -0.2) is 22.6 Å². The molecule has 1 N–H and O–H groups in total. The molecular weight excluding hydrogens is 326 g/mol. The van der Waals surface area contributed by atoms with Gasteiger partial charge in [-0.2, -0.15) is 0 Å². The number of hydrogen-bond donors (Lipinski definition) is 1. The number of hydrogen-bond acceptors (Lipinski definition) is 4. The minimum absolute atomic E-state index is 0.295. The van der Waals surface area contributed by atoms with Gasteiger partial charge in [0.15, 0.2) is 0 Å². The molecule has 0 aromatic heterocycles. The predicted octanol–water partition coefficient (Wildman–Crippen LogP) is 3.36. The lowest BCUT2D eigenvalue weighted by atomic mass is 10.1. The van der Waals surface area contributed by atoms with Crippen molar-refractivity contribution in [1.29, 1.82) is 0 Å². The van der Waals surface area contributed by atoms with Gasteiger partial charge in [-0.05, 0) is 61.7 Å². The molecular formula is C18H23NO4S. The van der Waals surface area contributed by atoms with E-state index in [1.807, 2.05) is 31.2 Å². The molecule has 6 heteroatoms. The summed E-state index contributed by atoms with van der Waals surface area (Å²) in [6.07, 6.45) is 0. The molecule has 0 saturated heterocycles. The first-order valence-corrected chi connectivity index (χ1v) is 9.08. The van der Waals surface area contributed by atoms with Gasteiger partial charge in [0.05, 0.1) is 19.1 Å². The van der Waals surface area contributed by atoms with E-state index in [1.54, 1.807) is 40.2 Å². The molecule has 0 spiro atoms. The predicted molar refractivity (Wildman–Crippen MR) is 94.2 cm³/mol. The van der Waals surface area contributed by atoms with Gasteiger partial charge < -0.3 is 9.47 Å². The van der Waals surface area contributed by atoms with Crippen LogP contribution in [0.4, 0.5) is 0 Å². The number of benzene rings is 2. The molecule has 130 valence electrons. The highest BCUT2D eigenvalue weighted by molar-refractivity contribution is 7.89. The van der Waals surface area contributed by atoms with Crippen molar-refractivity contribution in [2.24, 2.45) is 0 Å². The SMILES string of the molecule is COc1ccc([C@H](C)NS(=O)(=O)c2c(C)cc(OC)cc2C)cc1. The minimum atomic E-state index is -3.65. The van der Waals surface area contributed by atoms with Crippen LogP contribution in [-0.2, 0) is 10.0 Å². The van der Waals surface area contributed by atoms with Crippen LogP contribution in [0.1, 0.15) is 29.7 Å². The van der Waals surface area contributed by atoms with Crippen molar-refractivity contribution >= 4 is 10.0 Å². The molecule has 24 heavy (non-hydrogen) atoms. The van der Waals surface area contributed by atoms with Gasteiger partial charge >= 0.3 is 0 Å². The first-order valence-electron chi connectivity index (χ1n) is 7.60. The Morgan fingerprint density at radius 2 is 1.42 bits per heavy atom. The van der Waals surface area contributed by atoms with Gasteiger partial charge in [0.25, 0.3) is 0 Å². The standard InChI is InChI=1S/C18H23NO4S/c1-12-10-17(23-5)11-13(2)18(12)24(20,21)19-14(3)15-6-8-16(22-4)9-7-15/h6-11,14,19H,1-5H3/t14-/m0/s1. The van der Waals surface area contributed by atoms with E-state index in [0.29, 0.717) is 21.8 Å². The second-order valence-electron chi connectivity index (χ2n) is 5.71. The molecule has 2 aromatic carbocycles. The molecule has 0 heterocycles. The van der Waals surface area contributed by atoms with E-state index in [-0.39, 0.29) is 6.04 Å². The van der Waals surface area contributed by atoms with Crippen LogP contribution in [0.15, 0.2) is 41.3 Å².